The van der Waals surface area contributed by atoms with E-state index in [1.807, 2.05) is 17.8 Å². The van der Waals surface area contributed by atoms with Crippen LogP contribution in [0.3, 0.4) is 0 Å². The molecule has 0 unspecified atom stereocenters. The lowest BCUT2D eigenvalue weighted by Crippen LogP contribution is -2.10. The summed E-state index contributed by atoms with van der Waals surface area (Å²) < 4.78 is 17.1. The van der Waals surface area contributed by atoms with Crippen molar-refractivity contribution in [2.24, 2.45) is 0 Å². The van der Waals surface area contributed by atoms with Crippen LogP contribution in [0.15, 0.2) is 24.5 Å². The number of aryl methyl sites for hydroxylation is 3. The zero-order valence-electron chi connectivity index (χ0n) is 10.8. The van der Waals surface area contributed by atoms with E-state index >= 15 is 0 Å². The highest BCUT2D eigenvalue weighted by Gasteiger charge is 2.11. The van der Waals surface area contributed by atoms with Gasteiger partial charge in [-0.1, -0.05) is 11.6 Å². The molecule has 7 heteroatoms. The minimum Gasteiger partial charge on any atom is -0.369 e. The average Bonchev–Trinajstić information content (AvgIpc) is 2.92. The van der Waals surface area contributed by atoms with E-state index in [4.69, 9.17) is 17.3 Å². The lowest BCUT2D eigenvalue weighted by Gasteiger charge is -2.07. The maximum Gasteiger partial charge on any atom is 0.201 e. The largest absolute Gasteiger partial charge is 0.369 e. The number of halogens is 2. The number of nitrogen functional groups attached to an aromatic ring is 1. The fourth-order valence-corrected chi connectivity index (χ4v) is 2.32. The van der Waals surface area contributed by atoms with Gasteiger partial charge in [0.05, 0.1) is 28.8 Å². The molecule has 0 aliphatic carbocycles. The van der Waals surface area contributed by atoms with Crippen molar-refractivity contribution < 1.29 is 4.39 Å². The summed E-state index contributed by atoms with van der Waals surface area (Å²) in [6, 6.07) is 2.84. The van der Waals surface area contributed by atoms with Crippen molar-refractivity contribution in [3.63, 3.8) is 0 Å². The first kappa shape index (κ1) is 12.9. The second kappa shape index (κ2) is 4.79. The molecule has 0 atom stereocenters. The standard InChI is InChI=1S/C13H13ClFN5/c1-8-6-17-19(7-8)2-3-20-12-5-10(15)9(14)4-11(12)18-13(20)16/h4-7H,2-3H2,1H3,(H2,16,18). The number of nitrogens with two attached hydrogens (primary N) is 1. The molecule has 104 valence electrons. The number of hydrogen-bond acceptors (Lipinski definition) is 3. The summed E-state index contributed by atoms with van der Waals surface area (Å²) in [7, 11) is 0. The number of nitrogens with zero attached hydrogens (tertiary/aromatic N) is 4. The van der Waals surface area contributed by atoms with Crippen LogP contribution in [0.4, 0.5) is 10.3 Å². The number of rotatable bonds is 3. The summed E-state index contributed by atoms with van der Waals surface area (Å²) in [5, 5.41) is 4.25. The third-order valence-electron chi connectivity index (χ3n) is 3.13. The number of fused-ring (bicyclic) bond motifs is 1. The van der Waals surface area contributed by atoms with Crippen molar-refractivity contribution >= 4 is 28.6 Å². The van der Waals surface area contributed by atoms with Gasteiger partial charge in [0.25, 0.3) is 0 Å². The van der Waals surface area contributed by atoms with Crippen LogP contribution in [-0.2, 0) is 13.1 Å². The topological polar surface area (TPSA) is 61.7 Å². The normalized spacial score (nSPS) is 11.3. The number of imidazole rings is 1. The SMILES string of the molecule is Cc1cnn(CCn2c(N)nc3cc(Cl)c(F)cc32)c1. The second-order valence-electron chi connectivity index (χ2n) is 4.66. The smallest absolute Gasteiger partial charge is 0.201 e. The molecule has 3 rings (SSSR count). The summed E-state index contributed by atoms with van der Waals surface area (Å²) in [5.74, 6) is -0.138. The molecule has 2 aromatic heterocycles. The molecule has 0 aliphatic heterocycles. The summed E-state index contributed by atoms with van der Waals surface area (Å²) in [6.45, 7) is 3.17. The fraction of sp³-hybridized carbons (Fsp3) is 0.231. The Kier molecular flexibility index (Phi) is 3.10. The van der Waals surface area contributed by atoms with E-state index in [0.29, 0.717) is 30.1 Å². The highest BCUT2D eigenvalue weighted by atomic mass is 35.5. The minimum atomic E-state index is -0.477. The second-order valence-corrected chi connectivity index (χ2v) is 5.06. The van der Waals surface area contributed by atoms with Gasteiger partial charge in [-0.3, -0.25) is 4.68 Å². The molecular weight excluding hydrogens is 281 g/mol. The Labute approximate surface area is 119 Å². The molecule has 2 N–H and O–H groups in total. The van der Waals surface area contributed by atoms with Gasteiger partial charge in [-0.15, -0.1) is 0 Å². The average molecular weight is 294 g/mol. The quantitative estimate of drug-likeness (QED) is 0.807. The molecule has 0 amide bonds. The van der Waals surface area contributed by atoms with E-state index in [9.17, 15) is 4.39 Å². The third-order valence-corrected chi connectivity index (χ3v) is 3.42. The predicted molar refractivity (Wildman–Crippen MR) is 76.1 cm³/mol. The van der Waals surface area contributed by atoms with Gasteiger partial charge in [-0.25, -0.2) is 9.37 Å². The Morgan fingerprint density at radius 3 is 2.85 bits per heavy atom. The van der Waals surface area contributed by atoms with Crippen molar-refractivity contribution in [2.45, 2.75) is 20.0 Å². The highest BCUT2D eigenvalue weighted by Crippen LogP contribution is 2.24. The molecule has 3 aromatic rings. The molecule has 0 radical (unpaired) electrons. The van der Waals surface area contributed by atoms with Crippen molar-refractivity contribution in [3.8, 4) is 0 Å². The molecule has 2 heterocycles. The van der Waals surface area contributed by atoms with E-state index in [2.05, 4.69) is 10.1 Å². The van der Waals surface area contributed by atoms with E-state index in [1.165, 1.54) is 12.1 Å². The Morgan fingerprint density at radius 1 is 1.35 bits per heavy atom. The minimum absolute atomic E-state index is 0.0462. The van der Waals surface area contributed by atoms with Crippen LogP contribution in [0.5, 0.6) is 0 Å². The summed E-state index contributed by atoms with van der Waals surface area (Å²) in [4.78, 5) is 4.19. The third kappa shape index (κ3) is 2.22. The monoisotopic (exact) mass is 293 g/mol. The number of anilines is 1. The molecule has 0 aliphatic rings. The number of benzene rings is 1. The van der Waals surface area contributed by atoms with Gasteiger partial charge < -0.3 is 10.3 Å². The van der Waals surface area contributed by atoms with Gasteiger partial charge in [0.1, 0.15) is 5.82 Å². The molecule has 0 saturated heterocycles. The summed E-state index contributed by atoms with van der Waals surface area (Å²) >= 11 is 5.75. The van der Waals surface area contributed by atoms with E-state index in [1.54, 1.807) is 10.8 Å². The van der Waals surface area contributed by atoms with Gasteiger partial charge in [0.15, 0.2) is 0 Å². The molecule has 0 spiro atoms. The predicted octanol–water partition coefficient (Wildman–Crippen LogP) is 2.62. The van der Waals surface area contributed by atoms with E-state index < -0.39 is 5.82 Å². The van der Waals surface area contributed by atoms with Crippen molar-refractivity contribution in [1.82, 2.24) is 19.3 Å². The first-order chi connectivity index (χ1) is 9.54. The maximum atomic E-state index is 13.6. The zero-order valence-corrected chi connectivity index (χ0v) is 11.6. The molecule has 1 aromatic carbocycles. The van der Waals surface area contributed by atoms with Crippen LogP contribution < -0.4 is 5.73 Å². The maximum absolute atomic E-state index is 13.6. The highest BCUT2D eigenvalue weighted by molar-refractivity contribution is 6.31. The van der Waals surface area contributed by atoms with Crippen molar-refractivity contribution in [3.05, 3.63) is 40.9 Å². The van der Waals surface area contributed by atoms with Gasteiger partial charge in [0, 0.05) is 18.8 Å². The van der Waals surface area contributed by atoms with E-state index in [0.717, 1.165) is 5.56 Å². The lowest BCUT2D eigenvalue weighted by molar-refractivity contribution is 0.543. The van der Waals surface area contributed by atoms with Crippen molar-refractivity contribution in [2.75, 3.05) is 5.73 Å². The molecule has 0 bridgehead atoms. The number of aromatic nitrogens is 4. The first-order valence-electron chi connectivity index (χ1n) is 6.14. The molecular formula is C13H13ClFN5. The molecule has 5 nitrogen and oxygen atoms in total. The van der Waals surface area contributed by atoms with Crippen LogP contribution in [-0.4, -0.2) is 19.3 Å². The van der Waals surface area contributed by atoms with Gasteiger partial charge in [-0.05, 0) is 18.6 Å². The Morgan fingerprint density at radius 2 is 2.15 bits per heavy atom. The Bertz CT molecular complexity index is 777. The van der Waals surface area contributed by atoms with Crippen molar-refractivity contribution in [1.29, 1.82) is 0 Å². The summed E-state index contributed by atoms with van der Waals surface area (Å²) in [5.41, 5.74) is 8.19. The zero-order chi connectivity index (χ0) is 14.3. The fourth-order valence-electron chi connectivity index (χ4n) is 2.17. The Balaban J connectivity index is 1.94. The van der Waals surface area contributed by atoms with Crippen LogP contribution in [0.25, 0.3) is 11.0 Å². The molecule has 20 heavy (non-hydrogen) atoms. The number of hydrogen-bond donors (Lipinski definition) is 1. The first-order valence-corrected chi connectivity index (χ1v) is 6.52. The summed E-state index contributed by atoms with van der Waals surface area (Å²) in [6.07, 6.45) is 3.72. The van der Waals surface area contributed by atoms with Crippen LogP contribution in [0.1, 0.15) is 5.56 Å². The molecule has 0 saturated carbocycles. The van der Waals surface area contributed by atoms with Gasteiger partial charge in [-0.2, -0.15) is 5.10 Å². The van der Waals surface area contributed by atoms with Crippen LogP contribution in [0, 0.1) is 12.7 Å². The lowest BCUT2D eigenvalue weighted by atomic mass is 10.3. The van der Waals surface area contributed by atoms with Crippen LogP contribution >= 0.6 is 11.6 Å². The molecule has 0 fully saturated rings. The van der Waals surface area contributed by atoms with Gasteiger partial charge >= 0.3 is 0 Å². The van der Waals surface area contributed by atoms with Crippen LogP contribution in [0.2, 0.25) is 5.02 Å². The van der Waals surface area contributed by atoms with E-state index in [-0.39, 0.29) is 5.02 Å². The Hall–Kier alpha value is -2.08. The van der Waals surface area contributed by atoms with Gasteiger partial charge in [0.2, 0.25) is 5.95 Å².